The van der Waals surface area contributed by atoms with E-state index in [1.165, 1.54) is 32.1 Å². The van der Waals surface area contributed by atoms with Crippen molar-refractivity contribution in [1.82, 2.24) is 4.72 Å². The summed E-state index contributed by atoms with van der Waals surface area (Å²) < 4.78 is 27.4. The highest BCUT2D eigenvalue weighted by Gasteiger charge is 2.19. The second-order valence-electron chi connectivity index (χ2n) is 6.42. The molecule has 1 fully saturated rings. The van der Waals surface area contributed by atoms with Crippen LogP contribution >= 0.6 is 0 Å². The maximum atomic E-state index is 12.3. The standard InChI is InChI=1S/C17H27NO2S/c1-14-8-12-17(13-9-14)21(19,20)18-15(2)10-11-16-6-4-3-5-7-16/h8-9,12-13,15-16,18H,3-7,10-11H2,1-2H3. The summed E-state index contributed by atoms with van der Waals surface area (Å²) in [5.74, 6) is 0.796. The van der Waals surface area contributed by atoms with Crippen LogP contribution in [0, 0.1) is 12.8 Å². The van der Waals surface area contributed by atoms with Crippen LogP contribution in [0.5, 0.6) is 0 Å². The predicted octanol–water partition coefficient (Wildman–Crippen LogP) is 4.02. The maximum absolute atomic E-state index is 12.3. The van der Waals surface area contributed by atoms with E-state index in [1.807, 2.05) is 26.0 Å². The largest absolute Gasteiger partial charge is 0.240 e. The van der Waals surface area contributed by atoms with Crippen LogP contribution in [0.1, 0.15) is 57.4 Å². The van der Waals surface area contributed by atoms with E-state index in [0.717, 1.165) is 24.3 Å². The number of hydrogen-bond acceptors (Lipinski definition) is 2. The van der Waals surface area contributed by atoms with Gasteiger partial charge in [0.2, 0.25) is 10.0 Å². The van der Waals surface area contributed by atoms with Crippen LogP contribution in [0.15, 0.2) is 29.2 Å². The Morgan fingerprint density at radius 2 is 1.76 bits per heavy atom. The van der Waals surface area contributed by atoms with Gasteiger partial charge in [-0.15, -0.1) is 0 Å². The molecule has 1 atom stereocenters. The molecule has 1 aromatic carbocycles. The fraction of sp³-hybridized carbons (Fsp3) is 0.647. The highest BCUT2D eigenvalue weighted by Crippen LogP contribution is 2.27. The van der Waals surface area contributed by atoms with Crippen LogP contribution in [-0.2, 0) is 10.0 Å². The lowest BCUT2D eigenvalue weighted by Gasteiger charge is -2.23. The Bertz CT molecular complexity index is 530. The molecule has 0 aromatic heterocycles. The Balaban J connectivity index is 1.85. The Morgan fingerprint density at radius 1 is 1.14 bits per heavy atom. The lowest BCUT2D eigenvalue weighted by atomic mass is 9.85. The monoisotopic (exact) mass is 309 g/mol. The summed E-state index contributed by atoms with van der Waals surface area (Å²) >= 11 is 0. The number of sulfonamides is 1. The molecular weight excluding hydrogens is 282 g/mol. The van der Waals surface area contributed by atoms with E-state index in [0.29, 0.717) is 4.90 Å². The molecule has 1 aliphatic carbocycles. The summed E-state index contributed by atoms with van der Waals surface area (Å²) in [4.78, 5) is 0.359. The van der Waals surface area contributed by atoms with E-state index >= 15 is 0 Å². The van der Waals surface area contributed by atoms with Gasteiger partial charge in [-0.2, -0.15) is 0 Å². The van der Waals surface area contributed by atoms with E-state index in [2.05, 4.69) is 4.72 Å². The van der Waals surface area contributed by atoms with Gasteiger partial charge in [0.1, 0.15) is 0 Å². The van der Waals surface area contributed by atoms with Gasteiger partial charge in [0, 0.05) is 6.04 Å². The minimum atomic E-state index is -3.38. The van der Waals surface area contributed by atoms with Crippen LogP contribution in [0.3, 0.4) is 0 Å². The summed E-state index contributed by atoms with van der Waals surface area (Å²) in [7, 11) is -3.38. The number of aryl methyl sites for hydroxylation is 1. The number of hydrogen-bond donors (Lipinski definition) is 1. The summed E-state index contributed by atoms with van der Waals surface area (Å²) in [5.41, 5.74) is 1.07. The second kappa shape index (κ2) is 7.41. The third kappa shape index (κ3) is 5.11. The first-order valence-electron chi connectivity index (χ1n) is 8.06. The Hall–Kier alpha value is -0.870. The molecule has 0 heterocycles. The van der Waals surface area contributed by atoms with Crippen LogP contribution in [0.4, 0.5) is 0 Å². The van der Waals surface area contributed by atoms with Crippen molar-refractivity contribution >= 4 is 10.0 Å². The Morgan fingerprint density at radius 3 is 2.38 bits per heavy atom. The molecule has 0 aliphatic heterocycles. The molecule has 1 saturated carbocycles. The molecule has 1 aromatic rings. The molecule has 21 heavy (non-hydrogen) atoms. The lowest BCUT2D eigenvalue weighted by molar-refractivity contribution is 0.322. The topological polar surface area (TPSA) is 46.2 Å². The second-order valence-corrected chi connectivity index (χ2v) is 8.13. The summed E-state index contributed by atoms with van der Waals surface area (Å²) in [6, 6.07) is 7.01. The SMILES string of the molecule is Cc1ccc(S(=O)(=O)NC(C)CCC2CCCCC2)cc1. The zero-order chi connectivity index (χ0) is 15.3. The fourth-order valence-electron chi connectivity index (χ4n) is 3.07. The van der Waals surface area contributed by atoms with Crippen LogP contribution in [0.2, 0.25) is 0 Å². The van der Waals surface area contributed by atoms with Crippen molar-refractivity contribution in [3.8, 4) is 0 Å². The number of benzene rings is 1. The van der Waals surface area contributed by atoms with E-state index in [4.69, 9.17) is 0 Å². The van der Waals surface area contributed by atoms with Crippen molar-refractivity contribution < 1.29 is 8.42 Å². The van der Waals surface area contributed by atoms with Crippen LogP contribution in [0.25, 0.3) is 0 Å². The van der Waals surface area contributed by atoms with Crippen molar-refractivity contribution in [3.63, 3.8) is 0 Å². The smallest absolute Gasteiger partial charge is 0.208 e. The van der Waals surface area contributed by atoms with Crippen LogP contribution in [-0.4, -0.2) is 14.5 Å². The molecule has 2 rings (SSSR count). The van der Waals surface area contributed by atoms with E-state index in [-0.39, 0.29) is 6.04 Å². The lowest BCUT2D eigenvalue weighted by Crippen LogP contribution is -2.33. The zero-order valence-corrected chi connectivity index (χ0v) is 14.0. The molecule has 1 aliphatic rings. The van der Waals surface area contributed by atoms with Crippen molar-refractivity contribution in [2.75, 3.05) is 0 Å². The van der Waals surface area contributed by atoms with Gasteiger partial charge in [0.15, 0.2) is 0 Å². The Kier molecular flexibility index (Phi) is 5.82. The highest BCUT2D eigenvalue weighted by atomic mass is 32.2. The third-order valence-electron chi connectivity index (χ3n) is 4.42. The fourth-order valence-corrected chi connectivity index (χ4v) is 4.35. The molecule has 4 heteroatoms. The molecule has 0 radical (unpaired) electrons. The van der Waals surface area contributed by atoms with Gasteiger partial charge in [-0.1, -0.05) is 49.8 Å². The average molecular weight is 309 g/mol. The average Bonchev–Trinajstić information content (AvgIpc) is 2.46. The highest BCUT2D eigenvalue weighted by molar-refractivity contribution is 7.89. The molecule has 0 amide bonds. The van der Waals surface area contributed by atoms with Gasteiger partial charge in [-0.25, -0.2) is 13.1 Å². The van der Waals surface area contributed by atoms with Crippen molar-refractivity contribution in [2.45, 2.75) is 69.7 Å². The van der Waals surface area contributed by atoms with Gasteiger partial charge in [-0.3, -0.25) is 0 Å². The van der Waals surface area contributed by atoms with Gasteiger partial charge in [0.25, 0.3) is 0 Å². The van der Waals surface area contributed by atoms with Gasteiger partial charge in [0.05, 0.1) is 4.90 Å². The summed E-state index contributed by atoms with van der Waals surface area (Å²) in [5, 5.41) is 0. The van der Waals surface area contributed by atoms with Crippen molar-refractivity contribution in [2.24, 2.45) is 5.92 Å². The van der Waals surface area contributed by atoms with Crippen molar-refractivity contribution in [3.05, 3.63) is 29.8 Å². The van der Waals surface area contributed by atoms with Gasteiger partial charge < -0.3 is 0 Å². The molecule has 3 nitrogen and oxygen atoms in total. The van der Waals surface area contributed by atoms with Crippen LogP contribution < -0.4 is 4.72 Å². The van der Waals surface area contributed by atoms with Gasteiger partial charge in [-0.05, 0) is 44.7 Å². The van der Waals surface area contributed by atoms with E-state index in [1.54, 1.807) is 12.1 Å². The first-order valence-corrected chi connectivity index (χ1v) is 9.55. The molecular formula is C17H27NO2S. The number of rotatable bonds is 6. The Labute approximate surface area is 129 Å². The maximum Gasteiger partial charge on any atom is 0.240 e. The quantitative estimate of drug-likeness (QED) is 0.862. The molecule has 0 bridgehead atoms. The van der Waals surface area contributed by atoms with Gasteiger partial charge >= 0.3 is 0 Å². The molecule has 0 saturated heterocycles. The van der Waals surface area contributed by atoms with E-state index in [9.17, 15) is 8.42 Å². The zero-order valence-electron chi connectivity index (χ0n) is 13.1. The normalized spacial score (nSPS) is 18.6. The minimum absolute atomic E-state index is 0.00164. The molecule has 1 N–H and O–H groups in total. The molecule has 118 valence electrons. The molecule has 1 unspecified atom stereocenters. The minimum Gasteiger partial charge on any atom is -0.208 e. The predicted molar refractivity (Wildman–Crippen MR) is 86.8 cm³/mol. The summed E-state index contributed by atoms with van der Waals surface area (Å²) in [6.07, 6.45) is 8.75. The summed E-state index contributed by atoms with van der Waals surface area (Å²) in [6.45, 7) is 3.92. The first-order chi connectivity index (χ1) is 9.97. The number of nitrogens with one attached hydrogen (secondary N) is 1. The van der Waals surface area contributed by atoms with Crippen molar-refractivity contribution in [1.29, 1.82) is 0 Å². The first kappa shape index (κ1) is 16.5. The van der Waals surface area contributed by atoms with E-state index < -0.39 is 10.0 Å². The third-order valence-corrected chi connectivity index (χ3v) is 6.03. The molecule has 0 spiro atoms.